The lowest BCUT2D eigenvalue weighted by Crippen LogP contribution is -2.39. The molecule has 1 saturated carbocycles. The number of pyridine rings is 1. The van der Waals surface area contributed by atoms with Gasteiger partial charge in [-0.2, -0.15) is 0 Å². The molecule has 1 aliphatic rings. The molecule has 34 heavy (non-hydrogen) atoms. The van der Waals surface area contributed by atoms with Crippen molar-refractivity contribution < 1.29 is 4.79 Å². The third-order valence-electron chi connectivity index (χ3n) is 6.77. The number of imidazole rings is 1. The third-order valence-corrected chi connectivity index (χ3v) is 6.98. The van der Waals surface area contributed by atoms with Crippen LogP contribution in [0.5, 0.6) is 0 Å². The molecular formula is C27H27ClN4O2. The van der Waals surface area contributed by atoms with Gasteiger partial charge in [-0.25, -0.2) is 4.79 Å². The summed E-state index contributed by atoms with van der Waals surface area (Å²) in [4.78, 5) is 30.4. The number of hydrogen-bond acceptors (Lipinski definition) is 3. The van der Waals surface area contributed by atoms with E-state index < -0.39 is 0 Å². The number of para-hydroxylation sites is 3. The van der Waals surface area contributed by atoms with Gasteiger partial charge in [0.25, 0.3) is 5.91 Å². The van der Waals surface area contributed by atoms with Crippen LogP contribution in [0.3, 0.4) is 0 Å². The van der Waals surface area contributed by atoms with E-state index in [2.05, 4.69) is 10.3 Å². The van der Waals surface area contributed by atoms with Crippen molar-refractivity contribution in [2.45, 2.75) is 45.2 Å². The van der Waals surface area contributed by atoms with Crippen LogP contribution in [0, 0.1) is 12.8 Å². The Hall–Kier alpha value is -3.38. The molecule has 4 aromatic rings. The molecule has 0 aliphatic heterocycles. The number of rotatable bonds is 5. The van der Waals surface area contributed by atoms with Gasteiger partial charge in [0.15, 0.2) is 0 Å². The SMILES string of the molecule is Cc1ncc(Cl)cc1C(=O)NC1CCC(Cn2c(=O)n(-c3ccccc3)c3ccccc32)CC1. The van der Waals surface area contributed by atoms with Gasteiger partial charge in [0, 0.05) is 18.8 Å². The Morgan fingerprint density at radius 2 is 1.71 bits per heavy atom. The molecule has 0 atom stereocenters. The highest BCUT2D eigenvalue weighted by molar-refractivity contribution is 6.30. The second-order valence-corrected chi connectivity index (χ2v) is 9.47. The van der Waals surface area contributed by atoms with Crippen LogP contribution in [0.15, 0.2) is 71.7 Å². The van der Waals surface area contributed by atoms with Crippen molar-refractivity contribution in [2.75, 3.05) is 0 Å². The summed E-state index contributed by atoms with van der Waals surface area (Å²) in [5.41, 5.74) is 3.94. The average molecular weight is 475 g/mol. The van der Waals surface area contributed by atoms with E-state index in [-0.39, 0.29) is 17.6 Å². The molecule has 2 heterocycles. The Balaban J connectivity index is 1.30. The van der Waals surface area contributed by atoms with E-state index in [1.165, 1.54) is 0 Å². The largest absolute Gasteiger partial charge is 0.349 e. The van der Waals surface area contributed by atoms with E-state index in [1.807, 2.05) is 66.1 Å². The molecule has 1 N–H and O–H groups in total. The maximum atomic E-state index is 13.4. The van der Waals surface area contributed by atoms with Gasteiger partial charge in [0.1, 0.15) is 0 Å². The lowest BCUT2D eigenvalue weighted by molar-refractivity contribution is 0.0919. The van der Waals surface area contributed by atoms with E-state index in [9.17, 15) is 9.59 Å². The molecule has 6 nitrogen and oxygen atoms in total. The van der Waals surface area contributed by atoms with Crippen LogP contribution in [0.1, 0.15) is 41.7 Å². The fourth-order valence-corrected chi connectivity index (χ4v) is 5.12. The molecule has 0 radical (unpaired) electrons. The van der Waals surface area contributed by atoms with Gasteiger partial charge in [0.05, 0.1) is 33.0 Å². The number of fused-ring (bicyclic) bond motifs is 1. The molecule has 5 rings (SSSR count). The Morgan fingerprint density at radius 1 is 1.03 bits per heavy atom. The minimum absolute atomic E-state index is 0.00763. The molecule has 2 aromatic heterocycles. The van der Waals surface area contributed by atoms with Gasteiger partial charge < -0.3 is 5.32 Å². The van der Waals surface area contributed by atoms with E-state index in [0.29, 0.717) is 28.7 Å². The first-order valence-electron chi connectivity index (χ1n) is 11.7. The number of amides is 1. The zero-order valence-corrected chi connectivity index (χ0v) is 19.8. The smallest absolute Gasteiger partial charge is 0.333 e. The van der Waals surface area contributed by atoms with Crippen LogP contribution in [0.2, 0.25) is 5.02 Å². The van der Waals surface area contributed by atoms with Gasteiger partial charge in [-0.3, -0.25) is 18.9 Å². The molecule has 0 saturated heterocycles. The molecule has 0 spiro atoms. The number of nitrogens with zero attached hydrogens (tertiary/aromatic N) is 3. The first-order valence-corrected chi connectivity index (χ1v) is 12.1. The predicted molar refractivity (Wildman–Crippen MR) is 135 cm³/mol. The molecule has 7 heteroatoms. The van der Waals surface area contributed by atoms with Crippen molar-refractivity contribution in [3.63, 3.8) is 0 Å². The third kappa shape index (κ3) is 4.38. The number of aromatic nitrogens is 3. The van der Waals surface area contributed by atoms with Gasteiger partial charge in [-0.1, -0.05) is 41.9 Å². The summed E-state index contributed by atoms with van der Waals surface area (Å²) < 4.78 is 3.70. The van der Waals surface area contributed by atoms with Crippen molar-refractivity contribution in [1.29, 1.82) is 0 Å². The first kappa shape index (κ1) is 22.4. The second kappa shape index (κ2) is 9.47. The minimum Gasteiger partial charge on any atom is -0.349 e. The zero-order chi connectivity index (χ0) is 23.7. The summed E-state index contributed by atoms with van der Waals surface area (Å²) in [5, 5.41) is 3.60. The lowest BCUT2D eigenvalue weighted by atomic mass is 9.85. The summed E-state index contributed by atoms with van der Waals surface area (Å²) in [6.07, 6.45) is 5.23. The number of hydrogen-bond donors (Lipinski definition) is 1. The molecule has 2 aromatic carbocycles. The molecule has 1 aliphatic carbocycles. The topological polar surface area (TPSA) is 68.9 Å². The molecule has 174 valence electrons. The van der Waals surface area contributed by atoms with Crippen molar-refractivity contribution >= 4 is 28.5 Å². The van der Waals surface area contributed by atoms with Crippen LogP contribution in [0.4, 0.5) is 0 Å². The fourth-order valence-electron chi connectivity index (χ4n) is 4.96. The zero-order valence-electron chi connectivity index (χ0n) is 19.1. The summed E-state index contributed by atoms with van der Waals surface area (Å²) in [7, 11) is 0. The van der Waals surface area contributed by atoms with E-state index in [1.54, 1.807) is 16.8 Å². The Kier molecular flexibility index (Phi) is 6.24. The Morgan fingerprint density at radius 3 is 2.44 bits per heavy atom. The quantitative estimate of drug-likeness (QED) is 0.435. The van der Waals surface area contributed by atoms with Gasteiger partial charge in [0.2, 0.25) is 0 Å². The number of carbonyl (C=O) groups is 1. The molecule has 1 fully saturated rings. The summed E-state index contributed by atoms with van der Waals surface area (Å²) >= 11 is 6.02. The van der Waals surface area contributed by atoms with Gasteiger partial charge >= 0.3 is 5.69 Å². The number of nitrogens with one attached hydrogen (secondary N) is 1. The normalized spacial score (nSPS) is 18.2. The summed E-state index contributed by atoms with van der Waals surface area (Å²) in [6.45, 7) is 2.49. The summed E-state index contributed by atoms with van der Waals surface area (Å²) in [6, 6.07) is 19.5. The monoisotopic (exact) mass is 474 g/mol. The highest BCUT2D eigenvalue weighted by Crippen LogP contribution is 2.28. The summed E-state index contributed by atoms with van der Waals surface area (Å²) in [5.74, 6) is 0.258. The van der Waals surface area contributed by atoms with Crippen molar-refractivity contribution in [3.05, 3.63) is 93.6 Å². The van der Waals surface area contributed by atoms with E-state index in [0.717, 1.165) is 42.4 Å². The van der Waals surface area contributed by atoms with Crippen LogP contribution in [-0.4, -0.2) is 26.1 Å². The standard InChI is InChI=1S/C27H27ClN4O2/c1-18-23(15-20(28)16-29-18)26(33)30-21-13-11-19(12-14-21)17-31-24-9-5-6-10-25(24)32(27(31)34)22-7-3-2-4-8-22/h2-10,15-16,19,21H,11-14,17H2,1H3,(H,30,33). The lowest BCUT2D eigenvalue weighted by Gasteiger charge is -2.29. The molecular weight excluding hydrogens is 448 g/mol. The van der Waals surface area contributed by atoms with Crippen molar-refractivity contribution in [2.24, 2.45) is 5.92 Å². The Bertz CT molecular complexity index is 1390. The number of benzene rings is 2. The van der Waals surface area contributed by atoms with Crippen LogP contribution in [0.25, 0.3) is 16.7 Å². The molecule has 0 bridgehead atoms. The average Bonchev–Trinajstić information content (AvgIpc) is 3.13. The van der Waals surface area contributed by atoms with Crippen molar-refractivity contribution in [1.82, 2.24) is 19.4 Å². The van der Waals surface area contributed by atoms with Crippen LogP contribution < -0.4 is 11.0 Å². The number of halogens is 1. The van der Waals surface area contributed by atoms with E-state index in [4.69, 9.17) is 11.6 Å². The first-order chi connectivity index (χ1) is 16.5. The Labute approximate surface area is 203 Å². The highest BCUT2D eigenvalue weighted by atomic mass is 35.5. The predicted octanol–water partition coefficient (Wildman–Crippen LogP) is 5.14. The van der Waals surface area contributed by atoms with Crippen LogP contribution in [-0.2, 0) is 6.54 Å². The van der Waals surface area contributed by atoms with Gasteiger partial charge in [-0.05, 0) is 68.9 Å². The molecule has 1 amide bonds. The number of carbonyl (C=O) groups excluding carboxylic acids is 1. The second-order valence-electron chi connectivity index (χ2n) is 9.03. The highest BCUT2D eigenvalue weighted by Gasteiger charge is 2.25. The fraction of sp³-hybridized carbons (Fsp3) is 0.296. The van der Waals surface area contributed by atoms with Crippen LogP contribution >= 0.6 is 11.6 Å². The maximum Gasteiger partial charge on any atom is 0.333 e. The van der Waals surface area contributed by atoms with E-state index >= 15 is 0 Å². The molecule has 0 unspecified atom stereocenters. The minimum atomic E-state index is -0.127. The maximum absolute atomic E-state index is 13.4. The van der Waals surface area contributed by atoms with Gasteiger partial charge in [-0.15, -0.1) is 0 Å². The van der Waals surface area contributed by atoms with Crippen molar-refractivity contribution in [3.8, 4) is 5.69 Å². The number of aryl methyl sites for hydroxylation is 1.